The lowest BCUT2D eigenvalue weighted by Crippen LogP contribution is -2.42. The molecule has 0 amide bonds. The molecule has 1 aromatic carbocycles. The van der Waals surface area contributed by atoms with E-state index in [0.29, 0.717) is 6.61 Å². The van der Waals surface area contributed by atoms with E-state index in [-0.39, 0.29) is 0 Å². The van der Waals surface area contributed by atoms with Crippen LogP contribution in [0, 0.1) is 6.92 Å². The largest absolute Gasteiger partial charge is 0.350 e. The fraction of sp³-hybridized carbons (Fsp3) is 0.400. The molecular formula is C10H16N2O2. The summed E-state index contributed by atoms with van der Waals surface area (Å²) < 4.78 is 4.94. The molecular weight excluding hydrogens is 180 g/mol. The summed E-state index contributed by atoms with van der Waals surface area (Å²) in [6, 6.07) is 7.51. The van der Waals surface area contributed by atoms with Crippen LogP contribution in [0.5, 0.6) is 0 Å². The summed E-state index contributed by atoms with van der Waals surface area (Å²) in [5.41, 5.74) is 1.87. The van der Waals surface area contributed by atoms with Crippen LogP contribution in [0.3, 0.4) is 0 Å². The molecule has 0 saturated heterocycles. The van der Waals surface area contributed by atoms with Crippen LogP contribution in [-0.2, 0) is 4.74 Å². The van der Waals surface area contributed by atoms with Crippen LogP contribution in [0.2, 0.25) is 0 Å². The first-order valence-corrected chi connectivity index (χ1v) is 4.55. The third-order valence-electron chi connectivity index (χ3n) is 1.89. The van der Waals surface area contributed by atoms with Gasteiger partial charge in [-0.2, -0.15) is 0 Å². The number of nitrogens with two attached hydrogens (primary N) is 1. The summed E-state index contributed by atoms with van der Waals surface area (Å²) in [6.07, 6.45) is -1.09. The van der Waals surface area contributed by atoms with Gasteiger partial charge in [0.25, 0.3) is 6.41 Å². The van der Waals surface area contributed by atoms with Crippen molar-refractivity contribution >= 4 is 5.69 Å². The SMILES string of the molecule is CCOC(O)N(N)c1ccc(C)cc1. The maximum Gasteiger partial charge on any atom is 0.251 e. The molecule has 0 bridgehead atoms. The number of nitrogens with zero attached hydrogens (tertiary/aromatic N) is 1. The number of anilines is 1. The first-order valence-electron chi connectivity index (χ1n) is 4.55. The Morgan fingerprint density at radius 1 is 1.43 bits per heavy atom. The smallest absolute Gasteiger partial charge is 0.251 e. The predicted octanol–water partition coefficient (Wildman–Crippen LogP) is 0.988. The fourth-order valence-electron chi connectivity index (χ4n) is 1.07. The number of benzene rings is 1. The van der Waals surface area contributed by atoms with Crippen LogP contribution in [0.25, 0.3) is 0 Å². The molecule has 0 spiro atoms. The van der Waals surface area contributed by atoms with Gasteiger partial charge in [0, 0.05) is 6.61 Å². The second-order valence-electron chi connectivity index (χ2n) is 3.02. The number of ether oxygens (including phenoxy) is 1. The lowest BCUT2D eigenvalue weighted by Gasteiger charge is -2.24. The Balaban J connectivity index is 2.68. The number of hydrogen-bond acceptors (Lipinski definition) is 4. The third-order valence-corrected chi connectivity index (χ3v) is 1.89. The van der Waals surface area contributed by atoms with Gasteiger partial charge in [0.1, 0.15) is 0 Å². The van der Waals surface area contributed by atoms with E-state index in [2.05, 4.69) is 0 Å². The molecule has 0 heterocycles. The minimum Gasteiger partial charge on any atom is -0.350 e. The zero-order valence-corrected chi connectivity index (χ0v) is 8.47. The van der Waals surface area contributed by atoms with Crippen LogP contribution in [0.1, 0.15) is 12.5 Å². The van der Waals surface area contributed by atoms with Crippen LogP contribution >= 0.6 is 0 Å². The van der Waals surface area contributed by atoms with Gasteiger partial charge >= 0.3 is 0 Å². The Bertz CT molecular complexity index is 274. The van der Waals surface area contributed by atoms with E-state index in [4.69, 9.17) is 10.6 Å². The van der Waals surface area contributed by atoms with Gasteiger partial charge in [-0.05, 0) is 26.0 Å². The lowest BCUT2D eigenvalue weighted by molar-refractivity contribution is -0.0949. The van der Waals surface area contributed by atoms with Gasteiger partial charge < -0.3 is 9.84 Å². The first kappa shape index (κ1) is 11.0. The van der Waals surface area contributed by atoms with Crippen molar-refractivity contribution in [1.29, 1.82) is 0 Å². The molecule has 0 aromatic heterocycles. The number of rotatable bonds is 4. The summed E-state index contributed by atoms with van der Waals surface area (Å²) in [7, 11) is 0. The number of aryl methyl sites for hydroxylation is 1. The summed E-state index contributed by atoms with van der Waals surface area (Å²) in [4.78, 5) is 0. The number of hydrogen-bond donors (Lipinski definition) is 2. The van der Waals surface area contributed by atoms with Crippen LogP contribution in [0.15, 0.2) is 24.3 Å². The third kappa shape index (κ3) is 2.70. The van der Waals surface area contributed by atoms with Crippen molar-refractivity contribution < 1.29 is 9.84 Å². The Labute approximate surface area is 83.9 Å². The van der Waals surface area contributed by atoms with Gasteiger partial charge in [-0.25, -0.2) is 5.84 Å². The van der Waals surface area contributed by atoms with E-state index in [1.54, 1.807) is 6.92 Å². The van der Waals surface area contributed by atoms with Gasteiger partial charge in [-0.3, -0.25) is 5.01 Å². The van der Waals surface area contributed by atoms with E-state index in [1.807, 2.05) is 31.2 Å². The Kier molecular flexibility index (Phi) is 3.88. The van der Waals surface area contributed by atoms with Crippen molar-refractivity contribution in [2.45, 2.75) is 20.3 Å². The highest BCUT2D eigenvalue weighted by Crippen LogP contribution is 2.13. The van der Waals surface area contributed by atoms with Crippen molar-refractivity contribution in [2.24, 2.45) is 5.84 Å². The number of aliphatic hydroxyl groups is 1. The molecule has 1 aromatic rings. The highest BCUT2D eigenvalue weighted by atomic mass is 16.6. The quantitative estimate of drug-likeness (QED) is 0.428. The first-order chi connectivity index (χ1) is 6.65. The Morgan fingerprint density at radius 3 is 2.50 bits per heavy atom. The van der Waals surface area contributed by atoms with Gasteiger partial charge in [-0.15, -0.1) is 0 Å². The van der Waals surface area contributed by atoms with E-state index in [0.717, 1.165) is 11.3 Å². The molecule has 3 N–H and O–H groups in total. The molecule has 4 heteroatoms. The van der Waals surface area contributed by atoms with Crippen LogP contribution < -0.4 is 10.9 Å². The van der Waals surface area contributed by atoms with E-state index < -0.39 is 6.41 Å². The van der Waals surface area contributed by atoms with Crippen molar-refractivity contribution in [2.75, 3.05) is 11.6 Å². The van der Waals surface area contributed by atoms with Crippen LogP contribution in [0.4, 0.5) is 5.69 Å². The predicted molar refractivity (Wildman–Crippen MR) is 55.5 cm³/mol. The molecule has 1 rings (SSSR count). The summed E-state index contributed by atoms with van der Waals surface area (Å²) >= 11 is 0. The second kappa shape index (κ2) is 4.95. The maximum absolute atomic E-state index is 9.42. The summed E-state index contributed by atoms with van der Waals surface area (Å²) in [5, 5.41) is 10.6. The average Bonchev–Trinajstić information content (AvgIpc) is 2.18. The van der Waals surface area contributed by atoms with Gasteiger partial charge in [0.15, 0.2) is 0 Å². The van der Waals surface area contributed by atoms with Crippen molar-refractivity contribution in [3.63, 3.8) is 0 Å². The molecule has 1 atom stereocenters. The number of hydrazine groups is 1. The summed E-state index contributed by atoms with van der Waals surface area (Å²) in [5.74, 6) is 5.63. The maximum atomic E-state index is 9.42. The lowest BCUT2D eigenvalue weighted by atomic mass is 10.2. The molecule has 0 saturated carbocycles. The topological polar surface area (TPSA) is 58.7 Å². The molecule has 0 aliphatic rings. The van der Waals surface area contributed by atoms with Gasteiger partial charge in [0.2, 0.25) is 0 Å². The van der Waals surface area contributed by atoms with E-state index in [9.17, 15) is 5.11 Å². The van der Waals surface area contributed by atoms with E-state index >= 15 is 0 Å². The molecule has 14 heavy (non-hydrogen) atoms. The van der Waals surface area contributed by atoms with Crippen molar-refractivity contribution in [3.05, 3.63) is 29.8 Å². The molecule has 0 radical (unpaired) electrons. The van der Waals surface area contributed by atoms with Gasteiger partial charge in [-0.1, -0.05) is 17.7 Å². The fourth-order valence-corrected chi connectivity index (χ4v) is 1.07. The highest BCUT2D eigenvalue weighted by Gasteiger charge is 2.11. The van der Waals surface area contributed by atoms with Crippen molar-refractivity contribution in [3.8, 4) is 0 Å². The molecule has 0 fully saturated rings. The minimum absolute atomic E-state index is 0.417. The Morgan fingerprint density at radius 2 is 2.00 bits per heavy atom. The normalized spacial score (nSPS) is 12.6. The highest BCUT2D eigenvalue weighted by molar-refractivity contribution is 5.45. The Hall–Kier alpha value is -1.10. The standard InChI is InChI=1S/C10H16N2O2/c1-3-14-10(13)12(11)9-6-4-8(2)5-7-9/h4-7,10,13H,3,11H2,1-2H3. The molecule has 1 unspecified atom stereocenters. The monoisotopic (exact) mass is 196 g/mol. The average molecular weight is 196 g/mol. The van der Waals surface area contributed by atoms with Gasteiger partial charge in [0.05, 0.1) is 5.69 Å². The minimum atomic E-state index is -1.09. The van der Waals surface area contributed by atoms with E-state index in [1.165, 1.54) is 5.01 Å². The zero-order valence-electron chi connectivity index (χ0n) is 8.47. The zero-order chi connectivity index (χ0) is 10.6. The molecule has 78 valence electrons. The summed E-state index contributed by atoms with van der Waals surface area (Å²) in [6.45, 7) is 4.20. The second-order valence-corrected chi connectivity index (χ2v) is 3.02. The van der Waals surface area contributed by atoms with Crippen LogP contribution in [-0.4, -0.2) is 18.1 Å². The molecule has 0 aliphatic carbocycles. The van der Waals surface area contributed by atoms with Crippen molar-refractivity contribution in [1.82, 2.24) is 0 Å². The molecule has 4 nitrogen and oxygen atoms in total. The molecule has 0 aliphatic heterocycles. The number of aliphatic hydroxyl groups excluding tert-OH is 1.